The predicted molar refractivity (Wildman–Crippen MR) is 184 cm³/mol. The number of hydrogen-bond donors (Lipinski definition) is 2. The molecule has 0 radical (unpaired) electrons. The monoisotopic (exact) mass is 703 g/mol. The molecule has 2 saturated carbocycles. The first-order valence-corrected chi connectivity index (χ1v) is 16.9. The molecule has 0 bridgehead atoms. The molecule has 268 valence electrons. The number of carbonyl (C=O) groups is 2. The highest BCUT2D eigenvalue weighted by Crippen LogP contribution is 2.59. The van der Waals surface area contributed by atoms with Crippen LogP contribution >= 0.6 is 0 Å². The van der Waals surface area contributed by atoms with Crippen LogP contribution in [0.5, 0.6) is 0 Å². The second kappa shape index (κ2) is 12.9. The van der Waals surface area contributed by atoms with Gasteiger partial charge in [0.1, 0.15) is 5.69 Å². The molecule has 0 unspecified atom stereocenters. The minimum atomic E-state index is -4.65. The van der Waals surface area contributed by atoms with Crippen molar-refractivity contribution >= 4 is 11.9 Å². The van der Waals surface area contributed by atoms with Gasteiger partial charge in [0.2, 0.25) is 5.91 Å². The van der Waals surface area contributed by atoms with E-state index >= 15 is 0 Å². The molecule has 0 aliphatic heterocycles. The fourth-order valence-electron chi connectivity index (χ4n) is 7.15. The highest BCUT2D eigenvalue weighted by atomic mass is 19.4. The van der Waals surface area contributed by atoms with Gasteiger partial charge < -0.3 is 15.1 Å². The molecule has 2 aliphatic rings. The average Bonchev–Trinajstić information content (AvgIpc) is 3.37. The van der Waals surface area contributed by atoms with Crippen molar-refractivity contribution in [2.75, 3.05) is 34.2 Å². The number of rotatable bonds is 8. The molecule has 2 aliphatic carbocycles. The quantitative estimate of drug-likeness (QED) is 0.238. The number of imidazole rings is 1. The summed E-state index contributed by atoms with van der Waals surface area (Å²) in [7, 11) is 6.22. The molecule has 2 heterocycles. The summed E-state index contributed by atoms with van der Waals surface area (Å²) in [5, 5.41) is 19.8. The molecule has 0 saturated heterocycles. The van der Waals surface area contributed by atoms with Gasteiger partial charge in [-0.3, -0.25) is 9.36 Å². The number of nitriles is 1. The Morgan fingerprint density at radius 2 is 1.73 bits per heavy atom. The highest BCUT2D eigenvalue weighted by molar-refractivity contribution is 5.84. The van der Waals surface area contributed by atoms with E-state index in [9.17, 15) is 32.8 Å². The number of nitrogens with one attached hydrogen (secondary N) is 2. The number of quaternary nitrogens is 1. The summed E-state index contributed by atoms with van der Waals surface area (Å²) < 4.78 is 45.5. The van der Waals surface area contributed by atoms with E-state index in [1.54, 1.807) is 37.3 Å². The van der Waals surface area contributed by atoms with Gasteiger partial charge in [-0.1, -0.05) is 13.0 Å². The number of nitrogens with zero attached hydrogens (tertiary/aromatic N) is 6. The Morgan fingerprint density at radius 3 is 2.35 bits per heavy atom. The molecule has 2 fully saturated rings. The Bertz CT molecular complexity index is 2070. The maximum Gasteiger partial charge on any atom is 0.416 e. The summed E-state index contributed by atoms with van der Waals surface area (Å²) in [6, 6.07) is 13.7. The van der Waals surface area contributed by atoms with Gasteiger partial charge in [0.25, 0.3) is 0 Å². The third-order valence-electron chi connectivity index (χ3n) is 10.5. The number of carbonyl (C=O) groups excluding carboxylic acids is 2. The van der Waals surface area contributed by atoms with Gasteiger partial charge in [-0.05, 0) is 93.0 Å². The van der Waals surface area contributed by atoms with Crippen molar-refractivity contribution in [1.82, 2.24) is 29.5 Å². The van der Waals surface area contributed by atoms with Crippen molar-refractivity contribution in [2.45, 2.75) is 58.2 Å². The number of hydrogen-bond acceptors (Lipinski definition) is 5. The van der Waals surface area contributed by atoms with E-state index in [0.717, 1.165) is 45.1 Å². The van der Waals surface area contributed by atoms with E-state index in [0.29, 0.717) is 42.8 Å². The number of aromatic nitrogens is 4. The molecule has 6 rings (SSSR count). The minimum Gasteiger partial charge on any atom is -0.350 e. The van der Waals surface area contributed by atoms with Crippen LogP contribution in [0.4, 0.5) is 18.0 Å². The molecule has 14 heteroatoms. The van der Waals surface area contributed by atoms with E-state index in [-0.39, 0.29) is 34.4 Å². The maximum atomic E-state index is 14.2. The molecule has 2 N–H and O–H groups in total. The van der Waals surface area contributed by atoms with Crippen molar-refractivity contribution in [3.05, 3.63) is 88.1 Å². The Kier molecular flexibility index (Phi) is 9.00. The van der Waals surface area contributed by atoms with Crippen LogP contribution in [0.2, 0.25) is 0 Å². The zero-order valence-corrected chi connectivity index (χ0v) is 29.3. The smallest absolute Gasteiger partial charge is 0.350 e. The van der Waals surface area contributed by atoms with Crippen LogP contribution in [-0.2, 0) is 11.0 Å². The number of likely N-dealkylation sites (N-methyl/N-ethyl adjacent to an activating group) is 1. The first kappa shape index (κ1) is 35.7. The van der Waals surface area contributed by atoms with E-state index in [1.165, 1.54) is 23.0 Å². The summed E-state index contributed by atoms with van der Waals surface area (Å²) >= 11 is 0. The second-order valence-corrected chi connectivity index (χ2v) is 15.1. The molecule has 2 amide bonds. The van der Waals surface area contributed by atoms with Crippen LogP contribution in [0.25, 0.3) is 22.8 Å². The summed E-state index contributed by atoms with van der Waals surface area (Å²) in [5.74, 6) is 0.0357. The summed E-state index contributed by atoms with van der Waals surface area (Å²) in [5.41, 5.74) is -0.796. The first-order chi connectivity index (χ1) is 24.0. The molecular formula is C37H42F3N8O3+. The van der Waals surface area contributed by atoms with Crippen LogP contribution in [-0.4, -0.2) is 75.6 Å². The van der Waals surface area contributed by atoms with E-state index in [1.807, 2.05) is 6.92 Å². The second-order valence-electron chi connectivity index (χ2n) is 15.1. The standard InChI is InChI=1S/C37H41F3N8O3/c1-24-31(29-13-18-43-47(29)27-11-9-25(23-41)10-12-27)46(34(51)45(24)28-8-6-7-26(21-28)37(38,39)40)33(50)44-30-22-36(30)16-14-35(2,15-17-36)32(49)42-19-20-48(3,4)5/h6-13,18,21,30H,14-17,19-20,22H2,1-5H3,(H-,42,44,49,50)/p+1/t30-,35?,36?/m0/s1. The summed E-state index contributed by atoms with van der Waals surface area (Å²) in [4.78, 5) is 41.5. The predicted octanol–water partition coefficient (Wildman–Crippen LogP) is 5.41. The molecule has 2 aromatic heterocycles. The Hall–Kier alpha value is -5.16. The molecule has 11 nitrogen and oxygen atoms in total. The van der Waals surface area contributed by atoms with Crippen molar-refractivity contribution in [2.24, 2.45) is 10.8 Å². The third-order valence-corrected chi connectivity index (χ3v) is 10.5. The lowest BCUT2D eigenvalue weighted by molar-refractivity contribution is -0.869. The molecule has 1 atom stereocenters. The maximum absolute atomic E-state index is 14.2. The SMILES string of the molecule is Cc1c(-c2ccnn2-c2ccc(C#N)cc2)n(C(=O)N[C@H]2CC23CCC(C)(C(=O)NCC[N+](C)(C)C)CC3)c(=O)n1-c1cccc(C(F)(F)F)c1. The number of amides is 2. The van der Waals surface area contributed by atoms with Crippen molar-refractivity contribution in [3.8, 4) is 28.8 Å². The van der Waals surface area contributed by atoms with Gasteiger partial charge in [0.15, 0.2) is 0 Å². The Morgan fingerprint density at radius 1 is 1.04 bits per heavy atom. The van der Waals surface area contributed by atoms with Gasteiger partial charge in [0, 0.05) is 11.5 Å². The van der Waals surface area contributed by atoms with Gasteiger partial charge >= 0.3 is 17.9 Å². The number of benzene rings is 2. The van der Waals surface area contributed by atoms with Crippen LogP contribution in [0.1, 0.15) is 55.8 Å². The number of halogens is 3. The Labute approximate surface area is 293 Å². The van der Waals surface area contributed by atoms with E-state index < -0.39 is 28.9 Å². The summed E-state index contributed by atoms with van der Waals surface area (Å²) in [6.45, 7) is 4.95. The van der Waals surface area contributed by atoms with Crippen LogP contribution in [0.3, 0.4) is 0 Å². The van der Waals surface area contributed by atoms with Crippen molar-refractivity contribution < 1.29 is 27.2 Å². The van der Waals surface area contributed by atoms with Gasteiger partial charge in [-0.15, -0.1) is 0 Å². The zero-order valence-electron chi connectivity index (χ0n) is 29.3. The lowest BCUT2D eigenvalue weighted by atomic mass is 9.69. The fraction of sp³-hybridized carbons (Fsp3) is 0.432. The topological polar surface area (TPSA) is 127 Å². The summed E-state index contributed by atoms with van der Waals surface area (Å²) in [6.07, 6.45) is 0.328. The minimum absolute atomic E-state index is 0.0357. The van der Waals surface area contributed by atoms with Gasteiger partial charge in [-0.2, -0.15) is 23.5 Å². The third kappa shape index (κ3) is 6.95. The molecular weight excluding hydrogens is 661 g/mol. The Balaban J connectivity index is 1.30. The van der Waals surface area contributed by atoms with Crippen molar-refractivity contribution in [3.63, 3.8) is 0 Å². The van der Waals surface area contributed by atoms with Crippen LogP contribution < -0.4 is 16.3 Å². The van der Waals surface area contributed by atoms with Crippen LogP contribution in [0, 0.1) is 29.1 Å². The fourth-order valence-corrected chi connectivity index (χ4v) is 7.15. The zero-order chi connectivity index (χ0) is 36.9. The first-order valence-electron chi connectivity index (χ1n) is 16.9. The molecule has 2 aromatic carbocycles. The molecule has 1 spiro atoms. The van der Waals surface area contributed by atoms with E-state index in [4.69, 9.17) is 0 Å². The van der Waals surface area contributed by atoms with Gasteiger partial charge in [0.05, 0.1) is 80.4 Å². The van der Waals surface area contributed by atoms with Crippen LogP contribution in [0.15, 0.2) is 65.6 Å². The van der Waals surface area contributed by atoms with Gasteiger partial charge in [-0.25, -0.2) is 18.8 Å². The van der Waals surface area contributed by atoms with E-state index in [2.05, 4.69) is 42.9 Å². The normalized spacial score (nSPS) is 21.7. The molecule has 4 aromatic rings. The largest absolute Gasteiger partial charge is 0.416 e. The average molecular weight is 704 g/mol. The lowest BCUT2D eigenvalue weighted by Gasteiger charge is -2.37. The highest BCUT2D eigenvalue weighted by Gasteiger charge is 2.58. The molecule has 51 heavy (non-hydrogen) atoms. The number of alkyl halides is 3. The lowest BCUT2D eigenvalue weighted by Crippen LogP contribution is -2.47. The van der Waals surface area contributed by atoms with Crippen molar-refractivity contribution in [1.29, 1.82) is 5.26 Å².